The van der Waals surface area contributed by atoms with E-state index in [-0.39, 0.29) is 5.78 Å². The monoisotopic (exact) mass is 277 g/mol. The van der Waals surface area contributed by atoms with E-state index >= 15 is 0 Å². The van der Waals surface area contributed by atoms with Gasteiger partial charge in [0.25, 0.3) is 0 Å². The summed E-state index contributed by atoms with van der Waals surface area (Å²) in [6.45, 7) is 0.400. The molecule has 102 valence electrons. The Morgan fingerprint density at radius 2 is 1.95 bits per heavy atom. The van der Waals surface area contributed by atoms with Crippen molar-refractivity contribution in [1.82, 2.24) is 4.57 Å². The summed E-state index contributed by atoms with van der Waals surface area (Å²) in [6, 6.07) is 8.44. The van der Waals surface area contributed by atoms with Crippen LogP contribution in [0.25, 0.3) is 6.08 Å². The molecule has 0 radical (unpaired) electrons. The van der Waals surface area contributed by atoms with E-state index < -0.39 is 11.7 Å². The zero-order chi connectivity index (χ0) is 14.3. The minimum atomic E-state index is -4.38. The second kappa shape index (κ2) is 4.37. The molecule has 0 N–H and O–H groups in total. The molecule has 0 saturated carbocycles. The number of hydrogen-bond donors (Lipinski definition) is 0. The molecule has 0 fully saturated rings. The van der Waals surface area contributed by atoms with E-state index in [0.29, 0.717) is 23.4 Å². The Bertz CT molecular complexity index is 710. The van der Waals surface area contributed by atoms with Gasteiger partial charge in [0.15, 0.2) is 0 Å². The Hall–Kier alpha value is -2.30. The third-order valence-corrected chi connectivity index (χ3v) is 3.25. The number of halogens is 3. The van der Waals surface area contributed by atoms with Crippen molar-refractivity contribution in [2.24, 2.45) is 0 Å². The molecule has 1 aliphatic heterocycles. The smallest absolute Gasteiger partial charge is 0.340 e. The number of carbonyl (C=O) groups is 1. The molecule has 1 aliphatic rings. The predicted octanol–water partition coefficient (Wildman–Crippen LogP) is 3.79. The maximum absolute atomic E-state index is 12.6. The molecule has 0 spiro atoms. The average molecular weight is 277 g/mol. The number of ketones is 1. The van der Waals surface area contributed by atoms with Crippen molar-refractivity contribution in [2.45, 2.75) is 12.7 Å². The lowest BCUT2D eigenvalue weighted by molar-refractivity contribution is -0.137. The molecule has 0 unspecified atom stereocenters. The summed E-state index contributed by atoms with van der Waals surface area (Å²) < 4.78 is 39.7. The molecule has 0 atom stereocenters. The third kappa shape index (κ3) is 2.15. The normalized spacial score (nSPS) is 16.8. The maximum atomic E-state index is 12.6. The predicted molar refractivity (Wildman–Crippen MR) is 68.2 cm³/mol. The van der Waals surface area contributed by atoms with Crippen molar-refractivity contribution in [1.29, 1.82) is 0 Å². The highest BCUT2D eigenvalue weighted by atomic mass is 19.4. The van der Waals surface area contributed by atoms with Crippen LogP contribution in [0, 0.1) is 0 Å². The zero-order valence-electron chi connectivity index (χ0n) is 10.3. The number of rotatable bonds is 1. The van der Waals surface area contributed by atoms with Gasteiger partial charge in [0.1, 0.15) is 0 Å². The summed E-state index contributed by atoms with van der Waals surface area (Å²) in [5.74, 6) is -0.132. The van der Waals surface area contributed by atoms with Crippen LogP contribution in [0.1, 0.15) is 21.6 Å². The molecule has 0 aliphatic carbocycles. The van der Waals surface area contributed by atoms with Crippen LogP contribution in [0.3, 0.4) is 0 Å². The first-order chi connectivity index (χ1) is 9.45. The molecular weight excluding hydrogens is 267 g/mol. The Morgan fingerprint density at radius 3 is 2.65 bits per heavy atom. The number of aromatic nitrogens is 1. The van der Waals surface area contributed by atoms with Crippen LogP contribution < -0.4 is 0 Å². The van der Waals surface area contributed by atoms with Gasteiger partial charge in [-0.2, -0.15) is 13.2 Å². The van der Waals surface area contributed by atoms with Crippen molar-refractivity contribution in [3.05, 3.63) is 65.0 Å². The van der Waals surface area contributed by atoms with Gasteiger partial charge in [0.05, 0.1) is 17.8 Å². The molecule has 3 rings (SSSR count). The summed E-state index contributed by atoms with van der Waals surface area (Å²) in [5.41, 5.74) is 0.744. The quantitative estimate of drug-likeness (QED) is 0.727. The second-order valence-corrected chi connectivity index (χ2v) is 4.64. The number of nitrogens with zero attached hydrogens (tertiary/aromatic N) is 1. The van der Waals surface area contributed by atoms with Crippen molar-refractivity contribution in [3.8, 4) is 0 Å². The van der Waals surface area contributed by atoms with Gasteiger partial charge in [-0.05, 0) is 35.9 Å². The fourth-order valence-corrected chi connectivity index (χ4v) is 2.30. The lowest BCUT2D eigenvalue weighted by Crippen LogP contribution is -2.04. The van der Waals surface area contributed by atoms with E-state index in [1.165, 1.54) is 12.1 Å². The van der Waals surface area contributed by atoms with Crippen LogP contribution in [0.2, 0.25) is 0 Å². The minimum Gasteiger partial charge on any atom is -0.340 e. The molecule has 1 aromatic heterocycles. The summed E-state index contributed by atoms with van der Waals surface area (Å²) in [7, 11) is 0. The first-order valence-corrected chi connectivity index (χ1v) is 6.03. The molecule has 2 nitrogen and oxygen atoms in total. The number of fused-ring (bicyclic) bond motifs is 1. The van der Waals surface area contributed by atoms with E-state index in [2.05, 4.69) is 0 Å². The standard InChI is InChI=1S/C15H10F3NO/c16-15(17,18)12-4-1-3-10(8-12)7-11-9-19-6-2-5-13(19)14(11)20/h1-8H,9H2. The van der Waals surface area contributed by atoms with E-state index in [4.69, 9.17) is 0 Å². The number of benzene rings is 1. The van der Waals surface area contributed by atoms with Gasteiger partial charge < -0.3 is 4.57 Å². The summed E-state index contributed by atoms with van der Waals surface area (Å²) in [6.07, 6.45) is -1.08. The van der Waals surface area contributed by atoms with Gasteiger partial charge in [0, 0.05) is 11.8 Å². The maximum Gasteiger partial charge on any atom is 0.416 e. The van der Waals surface area contributed by atoms with Crippen LogP contribution >= 0.6 is 0 Å². The summed E-state index contributed by atoms with van der Waals surface area (Å²) >= 11 is 0. The van der Waals surface area contributed by atoms with E-state index in [9.17, 15) is 18.0 Å². The molecule has 2 aromatic rings. The van der Waals surface area contributed by atoms with Crippen LogP contribution in [-0.2, 0) is 12.7 Å². The average Bonchev–Trinajstić information content (AvgIpc) is 2.94. The summed E-state index contributed by atoms with van der Waals surface area (Å²) in [5, 5.41) is 0. The van der Waals surface area contributed by atoms with E-state index in [0.717, 1.165) is 12.1 Å². The fraction of sp³-hybridized carbons (Fsp3) is 0.133. The van der Waals surface area contributed by atoms with Crippen molar-refractivity contribution in [2.75, 3.05) is 0 Å². The molecular formula is C15H10F3NO. The van der Waals surface area contributed by atoms with E-state index in [1.807, 2.05) is 0 Å². The Morgan fingerprint density at radius 1 is 1.15 bits per heavy atom. The largest absolute Gasteiger partial charge is 0.416 e. The Kier molecular flexibility index (Phi) is 2.78. The van der Waals surface area contributed by atoms with Crippen LogP contribution in [-0.4, -0.2) is 10.4 Å². The molecule has 0 saturated heterocycles. The molecule has 5 heteroatoms. The van der Waals surface area contributed by atoms with Crippen molar-refractivity contribution >= 4 is 11.9 Å². The molecule has 1 aromatic carbocycles. The van der Waals surface area contributed by atoms with Gasteiger partial charge in [-0.25, -0.2) is 0 Å². The number of Topliss-reactive ketones (excluding diaryl/α,β-unsaturated/α-hetero) is 1. The summed E-state index contributed by atoms with van der Waals surface area (Å²) in [4.78, 5) is 12.0. The fourth-order valence-electron chi connectivity index (χ4n) is 2.30. The lowest BCUT2D eigenvalue weighted by Gasteiger charge is -2.07. The van der Waals surface area contributed by atoms with Gasteiger partial charge in [-0.1, -0.05) is 12.1 Å². The molecule has 0 bridgehead atoms. The molecule has 0 amide bonds. The van der Waals surface area contributed by atoms with Crippen LogP contribution in [0.5, 0.6) is 0 Å². The number of hydrogen-bond acceptors (Lipinski definition) is 1. The highest BCUT2D eigenvalue weighted by Crippen LogP contribution is 2.30. The number of carbonyl (C=O) groups excluding carboxylic acids is 1. The van der Waals surface area contributed by atoms with Crippen LogP contribution in [0.4, 0.5) is 13.2 Å². The molecule has 2 heterocycles. The first kappa shape index (κ1) is 12.7. The van der Waals surface area contributed by atoms with Gasteiger partial charge in [-0.15, -0.1) is 0 Å². The van der Waals surface area contributed by atoms with E-state index in [1.54, 1.807) is 29.0 Å². The topological polar surface area (TPSA) is 22.0 Å². The van der Waals surface area contributed by atoms with Gasteiger partial charge in [-0.3, -0.25) is 4.79 Å². The third-order valence-electron chi connectivity index (χ3n) is 3.25. The second-order valence-electron chi connectivity index (χ2n) is 4.64. The Balaban J connectivity index is 1.94. The van der Waals surface area contributed by atoms with Crippen molar-refractivity contribution < 1.29 is 18.0 Å². The van der Waals surface area contributed by atoms with Gasteiger partial charge in [0.2, 0.25) is 5.78 Å². The van der Waals surface area contributed by atoms with Gasteiger partial charge >= 0.3 is 6.18 Å². The minimum absolute atomic E-state index is 0.132. The lowest BCUT2D eigenvalue weighted by atomic mass is 10.1. The Labute approximate surface area is 113 Å². The highest BCUT2D eigenvalue weighted by molar-refractivity contribution is 6.12. The molecule has 20 heavy (non-hydrogen) atoms. The highest BCUT2D eigenvalue weighted by Gasteiger charge is 2.30. The first-order valence-electron chi connectivity index (χ1n) is 6.03. The zero-order valence-corrected chi connectivity index (χ0v) is 10.3. The van der Waals surface area contributed by atoms with Crippen LogP contribution in [0.15, 0.2) is 48.2 Å². The number of alkyl halides is 3. The number of allylic oxidation sites excluding steroid dienone is 1. The SMILES string of the molecule is O=C1C(=Cc2cccc(C(F)(F)F)c2)Cn2cccc21. The van der Waals surface area contributed by atoms with Crippen molar-refractivity contribution in [3.63, 3.8) is 0 Å².